The van der Waals surface area contributed by atoms with Crippen LogP contribution in [0.1, 0.15) is 6.92 Å². The van der Waals surface area contributed by atoms with Gasteiger partial charge in [-0.15, -0.1) is 30.7 Å². The molecule has 0 fully saturated rings. The summed E-state index contributed by atoms with van der Waals surface area (Å²) < 4.78 is 2.44. The van der Waals surface area contributed by atoms with E-state index >= 15 is 0 Å². The molecule has 0 aliphatic heterocycles. The molecular weight excluding hydrogens is 398 g/mol. The molecule has 0 saturated carbocycles. The third-order valence-electron chi connectivity index (χ3n) is 3.52. The molecule has 2 aromatic heterocycles. The summed E-state index contributed by atoms with van der Waals surface area (Å²) in [5.74, 6) is 1.50. The highest BCUT2D eigenvalue weighted by Gasteiger charge is 2.12. The first-order valence-corrected chi connectivity index (χ1v) is 10.1. The number of hydrogen-bond acceptors (Lipinski definition) is 11. The van der Waals surface area contributed by atoms with Crippen molar-refractivity contribution < 1.29 is 5.11 Å². The van der Waals surface area contributed by atoms with Crippen LogP contribution in [0, 0.1) is 0 Å². The smallest absolute Gasteiger partial charge is 0.252 e. The Balaban J connectivity index is 1.92. The van der Waals surface area contributed by atoms with Crippen molar-refractivity contribution in [3.63, 3.8) is 0 Å². The number of rotatable bonds is 7. The molecule has 146 valence electrons. The molecule has 0 atom stereocenters. The summed E-state index contributed by atoms with van der Waals surface area (Å²) >= 11 is 2.93. The van der Waals surface area contributed by atoms with Crippen LogP contribution in [0.25, 0.3) is 0 Å². The first-order chi connectivity index (χ1) is 13.5. The summed E-state index contributed by atoms with van der Waals surface area (Å²) in [6, 6.07) is 4.95. The number of phenolic OH excluding ortho intramolecular Hbond substituents is 1. The predicted molar refractivity (Wildman–Crippen MR) is 110 cm³/mol. The zero-order chi connectivity index (χ0) is 20.1. The fourth-order valence-electron chi connectivity index (χ4n) is 2.16. The Morgan fingerprint density at radius 1 is 1.14 bits per heavy atom. The number of nitrogens with zero attached hydrogens (tertiary/aromatic N) is 9. The van der Waals surface area contributed by atoms with Gasteiger partial charge in [0.25, 0.3) is 5.13 Å². The number of benzene rings is 1. The molecule has 0 bridgehead atoms. The van der Waals surface area contributed by atoms with Crippen LogP contribution < -0.4 is 4.90 Å². The number of anilines is 1. The Labute approximate surface area is 170 Å². The Morgan fingerprint density at radius 2 is 1.93 bits per heavy atom. The third kappa shape index (κ3) is 4.70. The molecule has 1 aromatic carbocycles. The van der Waals surface area contributed by atoms with E-state index in [-0.39, 0.29) is 11.4 Å². The number of aryl methyl sites for hydroxylation is 1. The molecule has 0 aliphatic carbocycles. The van der Waals surface area contributed by atoms with Gasteiger partial charge in [0.1, 0.15) is 17.1 Å². The summed E-state index contributed by atoms with van der Waals surface area (Å²) in [5, 5.41) is 39.5. The van der Waals surface area contributed by atoms with Gasteiger partial charge in [-0.05, 0) is 11.8 Å². The van der Waals surface area contributed by atoms with E-state index < -0.39 is 0 Å². The molecule has 0 radical (unpaired) electrons. The first-order valence-electron chi connectivity index (χ1n) is 8.30. The third-order valence-corrected chi connectivity index (χ3v) is 5.34. The maximum Gasteiger partial charge on any atom is 0.252 e. The van der Waals surface area contributed by atoms with Crippen molar-refractivity contribution in [2.75, 3.05) is 24.7 Å². The van der Waals surface area contributed by atoms with Gasteiger partial charge in [0, 0.05) is 33.3 Å². The molecule has 0 spiro atoms. The van der Waals surface area contributed by atoms with E-state index in [9.17, 15) is 5.11 Å². The second-order valence-electron chi connectivity index (χ2n) is 5.72. The fraction of sp³-hybridized carbons (Fsp3) is 0.312. The summed E-state index contributed by atoms with van der Waals surface area (Å²) in [7, 11) is 5.49. The van der Waals surface area contributed by atoms with Gasteiger partial charge in [-0.25, -0.2) is 4.68 Å². The molecule has 3 aromatic rings. The lowest BCUT2D eigenvalue weighted by molar-refractivity contribution is 0.476. The van der Waals surface area contributed by atoms with Crippen molar-refractivity contribution in [1.29, 1.82) is 0 Å². The van der Waals surface area contributed by atoms with Gasteiger partial charge in [0.05, 0.1) is 11.9 Å². The Bertz CT molecular complexity index is 1010. The van der Waals surface area contributed by atoms with Gasteiger partial charge in [0.15, 0.2) is 10.2 Å². The zero-order valence-electron chi connectivity index (χ0n) is 15.8. The van der Waals surface area contributed by atoms with Crippen molar-refractivity contribution in [1.82, 2.24) is 20.0 Å². The topological polar surface area (TPSA) is 117 Å². The minimum Gasteiger partial charge on any atom is -0.506 e. The van der Waals surface area contributed by atoms with E-state index in [1.165, 1.54) is 11.3 Å². The van der Waals surface area contributed by atoms with Crippen molar-refractivity contribution in [3.8, 4) is 5.75 Å². The van der Waals surface area contributed by atoms with Crippen LogP contribution in [0.15, 0.2) is 49.2 Å². The van der Waals surface area contributed by atoms with Gasteiger partial charge in [0.2, 0.25) is 0 Å². The number of phenols is 1. The van der Waals surface area contributed by atoms with Gasteiger partial charge in [-0.1, -0.05) is 30.0 Å². The monoisotopic (exact) mass is 417 g/mol. The normalized spacial score (nSPS) is 11.7. The average Bonchev–Trinajstić information content (AvgIpc) is 3.28. The molecule has 1 N–H and O–H groups in total. The van der Waals surface area contributed by atoms with Crippen LogP contribution in [0.5, 0.6) is 5.75 Å². The highest BCUT2D eigenvalue weighted by molar-refractivity contribution is 8.01. The van der Waals surface area contributed by atoms with Crippen LogP contribution in [0.2, 0.25) is 0 Å². The second-order valence-corrected chi connectivity index (χ2v) is 8.19. The zero-order valence-corrected chi connectivity index (χ0v) is 17.4. The maximum absolute atomic E-state index is 10.3. The summed E-state index contributed by atoms with van der Waals surface area (Å²) in [4.78, 5) is 1.83. The molecule has 2 heterocycles. The number of aromatic hydroxyl groups is 1. The van der Waals surface area contributed by atoms with E-state index in [2.05, 4.69) is 35.8 Å². The molecule has 0 aliphatic rings. The van der Waals surface area contributed by atoms with Crippen LogP contribution >= 0.6 is 23.1 Å². The van der Waals surface area contributed by atoms with Crippen molar-refractivity contribution >= 4 is 51.1 Å². The van der Waals surface area contributed by atoms with Crippen LogP contribution in [0.3, 0.4) is 0 Å². The van der Waals surface area contributed by atoms with Crippen LogP contribution in [-0.2, 0) is 7.05 Å². The fourth-order valence-corrected chi connectivity index (χ4v) is 3.72. The van der Waals surface area contributed by atoms with Crippen LogP contribution in [0.4, 0.5) is 28.0 Å². The van der Waals surface area contributed by atoms with Crippen molar-refractivity contribution in [3.05, 3.63) is 24.4 Å². The number of thioether (sulfide) groups is 1. The SMILES string of the molecule is CCSc1nnc(/N=N/c2cc(/N=N/c3ccnn3C)c(N(C)C)cc2O)s1. The first kappa shape index (κ1) is 19.9. The van der Waals surface area contributed by atoms with E-state index in [0.717, 1.165) is 10.1 Å². The summed E-state index contributed by atoms with van der Waals surface area (Å²) in [6.07, 6.45) is 1.64. The van der Waals surface area contributed by atoms with E-state index in [1.807, 2.05) is 25.9 Å². The standard InChI is InChI=1S/C16H19N9OS2/c1-5-27-16-23-22-15(28-16)21-19-11-8-10(12(24(2)3)9-13(11)26)18-20-14-6-7-17-25(14)4/h6-9,26H,5H2,1-4H3/b20-18+,21-19+. The molecule has 0 unspecified atom stereocenters. The Kier molecular flexibility index (Phi) is 6.31. The molecular formula is C16H19N9OS2. The largest absolute Gasteiger partial charge is 0.506 e. The summed E-state index contributed by atoms with van der Waals surface area (Å²) in [5.41, 5.74) is 1.50. The molecule has 0 saturated heterocycles. The lowest BCUT2D eigenvalue weighted by Crippen LogP contribution is -2.08. The van der Waals surface area contributed by atoms with Crippen LogP contribution in [-0.4, -0.2) is 44.9 Å². The van der Waals surface area contributed by atoms with Gasteiger partial charge >= 0.3 is 0 Å². The molecule has 28 heavy (non-hydrogen) atoms. The van der Waals surface area contributed by atoms with Gasteiger partial charge < -0.3 is 10.0 Å². The predicted octanol–water partition coefficient (Wildman–Crippen LogP) is 4.99. The minimum atomic E-state index is -0.0143. The summed E-state index contributed by atoms with van der Waals surface area (Å²) in [6.45, 7) is 2.04. The molecule has 3 rings (SSSR count). The quantitative estimate of drug-likeness (QED) is 0.428. The van der Waals surface area contributed by atoms with E-state index in [0.29, 0.717) is 22.3 Å². The number of hydrogen-bond donors (Lipinski definition) is 1. The number of azo groups is 2. The van der Waals surface area contributed by atoms with Gasteiger partial charge in [-0.2, -0.15) is 5.10 Å². The average molecular weight is 418 g/mol. The molecule has 12 heteroatoms. The van der Waals surface area contributed by atoms with Crippen molar-refractivity contribution in [2.24, 2.45) is 27.5 Å². The van der Waals surface area contributed by atoms with E-state index in [1.54, 1.807) is 47.9 Å². The minimum absolute atomic E-state index is 0.0143. The Morgan fingerprint density at radius 3 is 2.61 bits per heavy atom. The Hall–Kier alpha value is -2.86. The lowest BCUT2D eigenvalue weighted by atomic mass is 10.2. The number of aromatic nitrogens is 4. The lowest BCUT2D eigenvalue weighted by Gasteiger charge is -2.15. The van der Waals surface area contributed by atoms with E-state index in [4.69, 9.17) is 0 Å². The highest BCUT2D eigenvalue weighted by Crippen LogP contribution is 2.40. The maximum atomic E-state index is 10.3. The van der Waals surface area contributed by atoms with Crippen molar-refractivity contribution in [2.45, 2.75) is 11.3 Å². The molecule has 0 amide bonds. The highest BCUT2D eigenvalue weighted by atomic mass is 32.2. The van der Waals surface area contributed by atoms with Gasteiger partial charge in [-0.3, -0.25) is 0 Å². The second kappa shape index (κ2) is 8.89. The molecule has 10 nitrogen and oxygen atoms in total.